The van der Waals surface area contributed by atoms with Crippen LogP contribution in [-0.2, 0) is 11.3 Å². The molecule has 1 heterocycles. The van der Waals surface area contributed by atoms with Crippen LogP contribution in [0.5, 0.6) is 0 Å². The van der Waals surface area contributed by atoms with Crippen molar-refractivity contribution in [2.24, 2.45) is 0 Å². The third kappa shape index (κ3) is 3.95. The molecule has 1 aliphatic heterocycles. The molecular formula is C14H18F2N2O3. The molecule has 1 atom stereocenters. The molecule has 1 unspecified atom stereocenters. The first-order chi connectivity index (χ1) is 9.78. The molecule has 1 aromatic rings. The van der Waals surface area contributed by atoms with E-state index >= 15 is 0 Å². The highest BCUT2D eigenvalue weighted by molar-refractivity contribution is 5.37. The monoisotopic (exact) mass is 300 g/mol. The zero-order valence-electron chi connectivity index (χ0n) is 12.0. The molecular weight excluding hydrogens is 282 g/mol. The van der Waals surface area contributed by atoms with Crippen LogP contribution in [0, 0.1) is 21.7 Å². The predicted molar refractivity (Wildman–Crippen MR) is 72.9 cm³/mol. The molecule has 1 N–H and O–H groups in total. The minimum Gasteiger partial charge on any atom is -0.375 e. The molecule has 0 radical (unpaired) electrons. The Balaban J connectivity index is 2.06. The van der Waals surface area contributed by atoms with Gasteiger partial charge in [-0.25, -0.2) is 4.39 Å². The Kier molecular flexibility index (Phi) is 4.53. The van der Waals surface area contributed by atoms with Crippen molar-refractivity contribution >= 4 is 5.69 Å². The van der Waals surface area contributed by atoms with Gasteiger partial charge in [0.1, 0.15) is 5.82 Å². The number of nitro groups is 1. The smallest absolute Gasteiger partial charge is 0.305 e. The summed E-state index contributed by atoms with van der Waals surface area (Å²) >= 11 is 0. The van der Waals surface area contributed by atoms with Gasteiger partial charge in [0, 0.05) is 36.9 Å². The van der Waals surface area contributed by atoms with Crippen molar-refractivity contribution in [1.82, 2.24) is 5.32 Å². The molecule has 5 nitrogen and oxygen atoms in total. The van der Waals surface area contributed by atoms with E-state index in [0.29, 0.717) is 12.7 Å². The van der Waals surface area contributed by atoms with Gasteiger partial charge in [0.05, 0.1) is 10.5 Å². The molecule has 1 aliphatic rings. The normalized spacial score (nSPS) is 21.2. The number of rotatable bonds is 4. The standard InChI is InChI=1S/C14H18F2N2O3/c1-14(2)7-10(3-4-21-14)17-8-9-5-13(18(19)20)12(16)6-11(9)15/h5-6,10,17H,3-4,7-8H2,1-2H3. The fourth-order valence-electron chi connectivity index (χ4n) is 2.52. The van der Waals surface area contributed by atoms with Gasteiger partial charge in [0.15, 0.2) is 0 Å². The van der Waals surface area contributed by atoms with E-state index in [2.05, 4.69) is 5.32 Å². The third-order valence-electron chi connectivity index (χ3n) is 3.59. The first-order valence-corrected chi connectivity index (χ1v) is 6.78. The van der Waals surface area contributed by atoms with E-state index in [4.69, 9.17) is 4.74 Å². The van der Waals surface area contributed by atoms with Crippen molar-refractivity contribution in [2.75, 3.05) is 6.61 Å². The number of nitro benzene ring substituents is 1. The summed E-state index contributed by atoms with van der Waals surface area (Å²) in [5, 5.41) is 13.8. The Morgan fingerprint density at radius 1 is 1.43 bits per heavy atom. The average Bonchev–Trinajstić information content (AvgIpc) is 2.36. The van der Waals surface area contributed by atoms with Gasteiger partial charge in [-0.15, -0.1) is 0 Å². The number of hydrogen-bond acceptors (Lipinski definition) is 4. The predicted octanol–water partition coefficient (Wildman–Crippen LogP) is 2.92. The molecule has 7 heteroatoms. The van der Waals surface area contributed by atoms with Gasteiger partial charge in [0.2, 0.25) is 5.82 Å². The SMILES string of the molecule is CC1(C)CC(NCc2cc([N+](=O)[O-])c(F)cc2F)CCO1. The summed E-state index contributed by atoms with van der Waals surface area (Å²) in [6.45, 7) is 4.68. The van der Waals surface area contributed by atoms with Gasteiger partial charge in [-0.2, -0.15) is 4.39 Å². The summed E-state index contributed by atoms with van der Waals surface area (Å²) in [4.78, 5) is 9.83. The fourth-order valence-corrected chi connectivity index (χ4v) is 2.52. The topological polar surface area (TPSA) is 64.4 Å². The van der Waals surface area contributed by atoms with E-state index in [9.17, 15) is 18.9 Å². The third-order valence-corrected chi connectivity index (χ3v) is 3.59. The molecule has 1 fully saturated rings. The second-order valence-electron chi connectivity index (χ2n) is 5.83. The van der Waals surface area contributed by atoms with Crippen LogP contribution in [0.25, 0.3) is 0 Å². The van der Waals surface area contributed by atoms with Crippen LogP contribution in [0.4, 0.5) is 14.5 Å². The second kappa shape index (κ2) is 6.03. The first kappa shape index (κ1) is 15.8. The van der Waals surface area contributed by atoms with E-state index < -0.39 is 22.2 Å². The first-order valence-electron chi connectivity index (χ1n) is 6.78. The summed E-state index contributed by atoms with van der Waals surface area (Å²) in [7, 11) is 0. The molecule has 2 rings (SSSR count). The summed E-state index contributed by atoms with van der Waals surface area (Å²) in [5.74, 6) is -1.94. The fraction of sp³-hybridized carbons (Fsp3) is 0.571. The molecule has 1 saturated heterocycles. The Hall–Kier alpha value is -1.60. The van der Waals surface area contributed by atoms with Crippen LogP contribution in [-0.4, -0.2) is 23.2 Å². The van der Waals surface area contributed by atoms with Crippen LogP contribution < -0.4 is 5.32 Å². The van der Waals surface area contributed by atoms with Crippen molar-refractivity contribution in [3.8, 4) is 0 Å². The van der Waals surface area contributed by atoms with E-state index in [-0.39, 0.29) is 23.8 Å². The molecule has 0 bridgehead atoms. The Labute approximate surface area is 121 Å². The lowest BCUT2D eigenvalue weighted by Gasteiger charge is -2.36. The minimum absolute atomic E-state index is 0.0902. The van der Waals surface area contributed by atoms with Crippen molar-refractivity contribution in [1.29, 1.82) is 0 Å². The molecule has 21 heavy (non-hydrogen) atoms. The maximum Gasteiger partial charge on any atom is 0.305 e. The molecule has 1 aromatic carbocycles. The van der Waals surface area contributed by atoms with Crippen molar-refractivity contribution < 1.29 is 18.4 Å². The van der Waals surface area contributed by atoms with E-state index in [1.54, 1.807) is 0 Å². The van der Waals surface area contributed by atoms with Gasteiger partial charge in [-0.05, 0) is 26.7 Å². The largest absolute Gasteiger partial charge is 0.375 e. The van der Waals surface area contributed by atoms with Crippen molar-refractivity contribution in [3.05, 3.63) is 39.4 Å². The molecule has 116 valence electrons. The number of hydrogen-bond donors (Lipinski definition) is 1. The van der Waals surface area contributed by atoms with Crippen LogP contribution >= 0.6 is 0 Å². The quantitative estimate of drug-likeness (QED) is 0.686. The van der Waals surface area contributed by atoms with E-state index in [1.807, 2.05) is 13.8 Å². The Morgan fingerprint density at radius 3 is 2.76 bits per heavy atom. The average molecular weight is 300 g/mol. The molecule has 0 spiro atoms. The molecule has 0 amide bonds. The van der Waals surface area contributed by atoms with Crippen molar-refractivity contribution in [2.45, 2.75) is 44.9 Å². The maximum atomic E-state index is 13.7. The lowest BCUT2D eigenvalue weighted by molar-refractivity contribution is -0.387. The zero-order chi connectivity index (χ0) is 15.6. The number of halogens is 2. The van der Waals surface area contributed by atoms with E-state index in [1.165, 1.54) is 0 Å². The summed E-state index contributed by atoms with van der Waals surface area (Å²) in [6.07, 6.45) is 1.55. The lowest BCUT2D eigenvalue weighted by Crippen LogP contribution is -2.43. The van der Waals surface area contributed by atoms with Crippen LogP contribution in [0.1, 0.15) is 32.3 Å². The highest BCUT2D eigenvalue weighted by Crippen LogP contribution is 2.25. The number of benzene rings is 1. The van der Waals surface area contributed by atoms with Crippen LogP contribution in [0.2, 0.25) is 0 Å². The van der Waals surface area contributed by atoms with Crippen LogP contribution in [0.3, 0.4) is 0 Å². The van der Waals surface area contributed by atoms with Crippen molar-refractivity contribution in [3.63, 3.8) is 0 Å². The maximum absolute atomic E-state index is 13.7. The van der Waals surface area contributed by atoms with E-state index in [0.717, 1.165) is 18.9 Å². The minimum atomic E-state index is -1.16. The van der Waals surface area contributed by atoms with Crippen LogP contribution in [0.15, 0.2) is 12.1 Å². The Bertz CT molecular complexity index is 549. The number of ether oxygens (including phenoxy) is 1. The van der Waals surface area contributed by atoms with Gasteiger partial charge in [-0.3, -0.25) is 10.1 Å². The van der Waals surface area contributed by atoms with Gasteiger partial charge >= 0.3 is 5.69 Å². The number of nitrogens with zero attached hydrogens (tertiary/aromatic N) is 1. The van der Waals surface area contributed by atoms with Gasteiger partial charge in [0.25, 0.3) is 0 Å². The highest BCUT2D eigenvalue weighted by Gasteiger charge is 2.28. The van der Waals surface area contributed by atoms with Gasteiger partial charge < -0.3 is 10.1 Å². The lowest BCUT2D eigenvalue weighted by atomic mass is 9.94. The Morgan fingerprint density at radius 2 is 2.14 bits per heavy atom. The summed E-state index contributed by atoms with van der Waals surface area (Å²) < 4.78 is 32.5. The second-order valence-corrected chi connectivity index (χ2v) is 5.83. The molecule has 0 aromatic heterocycles. The number of nitrogens with one attached hydrogen (secondary N) is 1. The molecule has 0 saturated carbocycles. The molecule has 0 aliphatic carbocycles. The summed E-state index contributed by atoms with van der Waals surface area (Å²) in [6, 6.07) is 1.64. The highest BCUT2D eigenvalue weighted by atomic mass is 19.1. The van der Waals surface area contributed by atoms with Gasteiger partial charge in [-0.1, -0.05) is 0 Å². The summed E-state index contributed by atoms with van der Waals surface area (Å²) in [5.41, 5.74) is -0.864. The zero-order valence-corrected chi connectivity index (χ0v) is 12.0.